The Morgan fingerprint density at radius 3 is 1.29 bits per heavy atom. The molecule has 0 spiro atoms. The summed E-state index contributed by atoms with van der Waals surface area (Å²) in [6.07, 6.45) is -7.86. The summed E-state index contributed by atoms with van der Waals surface area (Å²) in [4.78, 5) is 8.70. The van der Waals surface area contributed by atoms with Crippen molar-refractivity contribution >= 4 is 5.69 Å². The number of phenols is 1. The lowest BCUT2D eigenvalue weighted by atomic mass is 9.87. The summed E-state index contributed by atoms with van der Waals surface area (Å²) in [6.45, 7) is 0. The highest BCUT2D eigenvalue weighted by Gasteiger charge is 2.95. The molecule has 0 amide bonds. The van der Waals surface area contributed by atoms with Gasteiger partial charge in [-0.1, -0.05) is 0 Å². The van der Waals surface area contributed by atoms with Gasteiger partial charge in [0.25, 0.3) is 0 Å². The highest BCUT2D eigenvalue weighted by atomic mass is 19.4. The number of rotatable bonds is 8. The van der Waals surface area contributed by atoms with Crippen LogP contribution in [0.25, 0.3) is 0 Å². The number of alkyl halides is 17. The molecule has 0 radical (unpaired) electrons. The molecule has 202 valence electrons. The van der Waals surface area contributed by atoms with Crippen molar-refractivity contribution in [1.29, 1.82) is 0 Å². The van der Waals surface area contributed by atoms with E-state index in [1.165, 1.54) is 0 Å². The first-order chi connectivity index (χ1) is 15.1. The maximum absolute atomic E-state index is 14.0. The summed E-state index contributed by atoms with van der Waals surface area (Å²) in [5.41, 5.74) is -4.77. The van der Waals surface area contributed by atoms with Gasteiger partial charge >= 0.3 is 53.3 Å². The molecular weight excluding hydrogens is 553 g/mol. The minimum atomic E-state index is -8.77. The molecule has 0 atom stereocenters. The van der Waals surface area contributed by atoms with Gasteiger partial charge in [-0.25, -0.2) is 0 Å². The average molecular weight is 557 g/mol. The standard InChI is InChI=1S/C14H4F17NO3/c15-7(16,4-1-2-6(33)5(3-4)32(34)35)8(17,18)9(19,20)10(21,22)11(23,24)12(25,26)13(27,28)14(29,30)31/h1-3,33H. The van der Waals surface area contributed by atoms with Crippen molar-refractivity contribution in [3.63, 3.8) is 0 Å². The maximum Gasteiger partial charge on any atom is 0.460 e. The quantitative estimate of drug-likeness (QED) is 0.218. The fourth-order valence-electron chi connectivity index (χ4n) is 2.21. The lowest BCUT2D eigenvalue weighted by Gasteiger charge is -2.42. The fraction of sp³-hybridized carbons (Fsp3) is 0.571. The van der Waals surface area contributed by atoms with Crippen LogP contribution in [0.15, 0.2) is 18.2 Å². The number of hydrogen-bond donors (Lipinski definition) is 1. The molecule has 0 bridgehead atoms. The molecule has 0 unspecified atom stereocenters. The molecule has 0 fully saturated rings. The van der Waals surface area contributed by atoms with Crippen molar-refractivity contribution in [3.05, 3.63) is 33.9 Å². The van der Waals surface area contributed by atoms with Crippen LogP contribution in [0.4, 0.5) is 80.3 Å². The minimum absolute atomic E-state index is 0.277. The first-order valence-electron chi connectivity index (χ1n) is 7.76. The molecule has 0 aliphatic rings. The number of aromatic hydroxyl groups is 1. The van der Waals surface area contributed by atoms with Gasteiger partial charge in [-0.3, -0.25) is 10.1 Å². The summed E-state index contributed by atoms with van der Waals surface area (Å²) in [6, 6.07) is -1.71. The summed E-state index contributed by atoms with van der Waals surface area (Å²) < 4.78 is 225. The Bertz CT molecular complexity index is 985. The summed E-state index contributed by atoms with van der Waals surface area (Å²) >= 11 is 0. The van der Waals surface area contributed by atoms with Gasteiger partial charge in [0, 0.05) is 11.6 Å². The smallest absolute Gasteiger partial charge is 0.460 e. The van der Waals surface area contributed by atoms with Crippen LogP contribution in [0.1, 0.15) is 5.56 Å². The Morgan fingerprint density at radius 2 is 0.943 bits per heavy atom. The number of nitro groups is 1. The molecule has 1 N–H and O–H groups in total. The van der Waals surface area contributed by atoms with Gasteiger partial charge in [0.15, 0.2) is 5.75 Å². The highest BCUT2D eigenvalue weighted by molar-refractivity contribution is 5.49. The second kappa shape index (κ2) is 7.87. The molecule has 0 aromatic heterocycles. The zero-order chi connectivity index (χ0) is 28.4. The van der Waals surface area contributed by atoms with Gasteiger partial charge in [-0.2, -0.15) is 74.6 Å². The zero-order valence-corrected chi connectivity index (χ0v) is 15.4. The molecule has 21 heteroatoms. The minimum Gasteiger partial charge on any atom is -0.502 e. The van der Waals surface area contributed by atoms with E-state index in [9.17, 15) is 84.8 Å². The third-order valence-electron chi connectivity index (χ3n) is 4.26. The van der Waals surface area contributed by atoms with Crippen molar-refractivity contribution in [2.75, 3.05) is 0 Å². The first-order valence-corrected chi connectivity index (χ1v) is 7.76. The Morgan fingerprint density at radius 1 is 0.600 bits per heavy atom. The van der Waals surface area contributed by atoms with E-state index in [0.717, 1.165) is 0 Å². The van der Waals surface area contributed by atoms with Crippen LogP contribution in [0.2, 0.25) is 0 Å². The van der Waals surface area contributed by atoms with Gasteiger partial charge in [0.05, 0.1) is 4.92 Å². The van der Waals surface area contributed by atoms with Gasteiger partial charge in [0.2, 0.25) is 0 Å². The summed E-state index contributed by atoms with van der Waals surface area (Å²) in [5, 5.41) is 19.5. The van der Waals surface area contributed by atoms with Crippen LogP contribution in [-0.2, 0) is 5.92 Å². The average Bonchev–Trinajstić information content (AvgIpc) is 2.65. The van der Waals surface area contributed by atoms with Crippen LogP contribution >= 0.6 is 0 Å². The van der Waals surface area contributed by atoms with E-state index in [4.69, 9.17) is 5.11 Å². The van der Waals surface area contributed by atoms with Crippen molar-refractivity contribution in [2.45, 2.75) is 47.6 Å². The maximum atomic E-state index is 14.0. The van der Waals surface area contributed by atoms with E-state index in [1.807, 2.05) is 0 Å². The van der Waals surface area contributed by atoms with Crippen molar-refractivity contribution in [3.8, 4) is 5.75 Å². The molecule has 1 aromatic rings. The van der Waals surface area contributed by atoms with E-state index < -0.39 is 81.7 Å². The van der Waals surface area contributed by atoms with E-state index in [0.29, 0.717) is 0 Å². The number of benzene rings is 1. The topological polar surface area (TPSA) is 63.4 Å². The summed E-state index contributed by atoms with van der Waals surface area (Å²) in [7, 11) is 0. The molecule has 0 heterocycles. The number of phenolic OH excluding ortho intramolecular Hbond substituents is 1. The molecule has 0 aliphatic carbocycles. The monoisotopic (exact) mass is 557 g/mol. The van der Waals surface area contributed by atoms with E-state index in [-0.39, 0.29) is 6.07 Å². The SMILES string of the molecule is O=[N+]([O-])c1cc(C(F)(F)C(F)(F)C(F)(F)C(F)(F)C(F)(F)C(F)(F)C(F)(F)C(F)(F)F)ccc1O. The fourth-order valence-corrected chi connectivity index (χ4v) is 2.21. The number of nitro benzene ring substituents is 1. The van der Waals surface area contributed by atoms with Gasteiger partial charge < -0.3 is 5.11 Å². The lowest BCUT2D eigenvalue weighted by Crippen LogP contribution is -2.74. The van der Waals surface area contributed by atoms with Crippen molar-refractivity contribution < 1.29 is 84.7 Å². The van der Waals surface area contributed by atoms with Crippen LogP contribution in [0.3, 0.4) is 0 Å². The van der Waals surface area contributed by atoms with E-state index in [2.05, 4.69) is 0 Å². The third kappa shape index (κ3) is 3.85. The predicted octanol–water partition coefficient (Wildman–Crippen LogP) is 6.77. The predicted molar refractivity (Wildman–Crippen MR) is 74.4 cm³/mol. The molecule has 4 nitrogen and oxygen atoms in total. The summed E-state index contributed by atoms with van der Waals surface area (Å²) in [5.74, 6) is -59.6. The Hall–Kier alpha value is -2.77. The largest absolute Gasteiger partial charge is 0.502 e. The van der Waals surface area contributed by atoms with Crippen molar-refractivity contribution in [1.82, 2.24) is 0 Å². The molecule has 0 saturated carbocycles. The molecule has 0 saturated heterocycles. The van der Waals surface area contributed by atoms with E-state index >= 15 is 0 Å². The molecule has 35 heavy (non-hydrogen) atoms. The molecule has 0 aliphatic heterocycles. The number of halogens is 17. The van der Waals surface area contributed by atoms with Gasteiger partial charge in [-0.15, -0.1) is 0 Å². The van der Waals surface area contributed by atoms with Crippen LogP contribution in [0.5, 0.6) is 5.75 Å². The van der Waals surface area contributed by atoms with Crippen LogP contribution in [0, 0.1) is 10.1 Å². The molecule has 1 aromatic carbocycles. The molecular formula is C14H4F17NO3. The highest BCUT2D eigenvalue weighted by Crippen LogP contribution is 2.65. The first kappa shape index (κ1) is 30.3. The third-order valence-corrected chi connectivity index (χ3v) is 4.26. The van der Waals surface area contributed by atoms with Crippen LogP contribution < -0.4 is 0 Å². The second-order valence-corrected chi connectivity index (χ2v) is 6.48. The Labute approximate surface area is 179 Å². The second-order valence-electron chi connectivity index (χ2n) is 6.48. The zero-order valence-electron chi connectivity index (χ0n) is 15.4. The van der Waals surface area contributed by atoms with Crippen molar-refractivity contribution in [2.24, 2.45) is 0 Å². The number of nitrogens with zero attached hydrogens (tertiary/aromatic N) is 1. The van der Waals surface area contributed by atoms with Crippen LogP contribution in [-0.4, -0.2) is 51.7 Å². The molecule has 1 rings (SSSR count). The van der Waals surface area contributed by atoms with Gasteiger partial charge in [0.1, 0.15) is 0 Å². The van der Waals surface area contributed by atoms with E-state index in [1.54, 1.807) is 0 Å². The number of hydrogen-bond acceptors (Lipinski definition) is 3. The van der Waals surface area contributed by atoms with Gasteiger partial charge in [-0.05, 0) is 12.1 Å². The Balaban J connectivity index is 3.79. The normalized spacial score (nSPS) is 15.3. The lowest BCUT2D eigenvalue weighted by molar-refractivity contribution is -0.462. The Kier molecular flexibility index (Phi) is 6.80.